The lowest BCUT2D eigenvalue weighted by molar-refractivity contribution is -0.117. The van der Waals surface area contributed by atoms with Crippen molar-refractivity contribution in [1.82, 2.24) is 14.9 Å². The highest BCUT2D eigenvalue weighted by Gasteiger charge is 2.29. The van der Waals surface area contributed by atoms with E-state index in [0.717, 1.165) is 0 Å². The normalized spacial score (nSPS) is 17.7. The van der Waals surface area contributed by atoms with Crippen LogP contribution >= 0.6 is 0 Å². The minimum atomic E-state index is -0.780. The Morgan fingerprint density at radius 3 is 2.58 bits per heavy atom. The molecular weight excluding hydrogens is 434 g/mol. The van der Waals surface area contributed by atoms with E-state index in [2.05, 4.69) is 22.2 Å². The highest BCUT2D eigenvalue weighted by atomic mass is 19.1. The van der Waals surface area contributed by atoms with E-state index in [-0.39, 0.29) is 41.6 Å². The van der Waals surface area contributed by atoms with Crippen molar-refractivity contribution in [3.05, 3.63) is 60.3 Å². The number of carbonyl (C=O) groups is 1. The van der Waals surface area contributed by atoms with Gasteiger partial charge in [0.25, 0.3) is 0 Å². The highest BCUT2D eigenvalue weighted by Crippen LogP contribution is 2.32. The van der Waals surface area contributed by atoms with E-state index in [1.54, 1.807) is 22.9 Å². The highest BCUT2D eigenvalue weighted by molar-refractivity contribution is 5.87. The second-order valence-corrected chi connectivity index (χ2v) is 7.54. The van der Waals surface area contributed by atoms with Gasteiger partial charge in [-0.1, -0.05) is 6.58 Å². The first kappa shape index (κ1) is 22.5. The number of anilines is 1. The molecule has 0 spiro atoms. The maximum absolute atomic E-state index is 14.8. The van der Waals surface area contributed by atoms with Crippen LogP contribution in [0.15, 0.2) is 43.1 Å². The van der Waals surface area contributed by atoms with Crippen LogP contribution in [0.25, 0.3) is 11.0 Å². The fourth-order valence-corrected chi connectivity index (χ4v) is 3.81. The number of rotatable bonds is 8. The Labute approximate surface area is 189 Å². The molecule has 8 nitrogen and oxygen atoms in total. The SMILES string of the molecule is C=CC(=O)NC1COCC1Nc1ccc2c(ccn2Cc2c(F)c(OC)cc(OC)c2F)n1. The van der Waals surface area contributed by atoms with Gasteiger partial charge in [0, 0.05) is 12.3 Å². The molecule has 2 unspecified atom stereocenters. The van der Waals surface area contributed by atoms with Crippen molar-refractivity contribution < 1.29 is 27.8 Å². The topological polar surface area (TPSA) is 86.6 Å². The predicted molar refractivity (Wildman–Crippen MR) is 119 cm³/mol. The first-order valence-electron chi connectivity index (χ1n) is 10.3. The number of nitrogens with one attached hydrogen (secondary N) is 2. The summed E-state index contributed by atoms with van der Waals surface area (Å²) in [6.07, 6.45) is 2.92. The van der Waals surface area contributed by atoms with Crippen molar-refractivity contribution in [2.24, 2.45) is 0 Å². The monoisotopic (exact) mass is 458 g/mol. The lowest BCUT2D eigenvalue weighted by atomic mass is 10.1. The van der Waals surface area contributed by atoms with E-state index < -0.39 is 11.6 Å². The molecule has 1 amide bonds. The summed E-state index contributed by atoms with van der Waals surface area (Å²) in [5.74, 6) is -1.43. The third kappa shape index (κ3) is 4.47. The molecule has 33 heavy (non-hydrogen) atoms. The van der Waals surface area contributed by atoms with Crippen LogP contribution in [0.4, 0.5) is 14.6 Å². The van der Waals surface area contributed by atoms with Gasteiger partial charge in [0.15, 0.2) is 23.1 Å². The summed E-state index contributed by atoms with van der Waals surface area (Å²) in [5.41, 5.74) is 1.16. The Morgan fingerprint density at radius 2 is 1.91 bits per heavy atom. The van der Waals surface area contributed by atoms with Crippen molar-refractivity contribution >= 4 is 22.8 Å². The Kier molecular flexibility index (Phi) is 6.45. The van der Waals surface area contributed by atoms with Gasteiger partial charge < -0.3 is 29.4 Å². The summed E-state index contributed by atoms with van der Waals surface area (Å²) in [6.45, 7) is 4.19. The molecule has 174 valence electrons. The Hall–Kier alpha value is -3.66. The molecule has 0 bridgehead atoms. The number of carbonyl (C=O) groups excluding carboxylic acids is 1. The number of aromatic nitrogens is 2. The summed E-state index contributed by atoms with van der Waals surface area (Å²) < 4.78 is 46.8. The minimum absolute atomic E-state index is 0.0741. The van der Waals surface area contributed by atoms with Crippen LogP contribution in [0, 0.1) is 11.6 Å². The average Bonchev–Trinajstić information content (AvgIpc) is 3.43. The summed E-state index contributed by atoms with van der Waals surface area (Å²) in [4.78, 5) is 16.2. The van der Waals surface area contributed by atoms with Crippen LogP contribution in [0.5, 0.6) is 11.5 Å². The maximum atomic E-state index is 14.8. The van der Waals surface area contributed by atoms with Gasteiger partial charge in [-0.3, -0.25) is 4.79 Å². The lowest BCUT2D eigenvalue weighted by Gasteiger charge is -2.20. The molecule has 1 aliphatic rings. The molecule has 1 saturated heterocycles. The molecule has 0 radical (unpaired) electrons. The number of ether oxygens (including phenoxy) is 3. The molecule has 3 aromatic rings. The van der Waals surface area contributed by atoms with E-state index in [9.17, 15) is 13.6 Å². The van der Waals surface area contributed by atoms with Crippen LogP contribution in [0.3, 0.4) is 0 Å². The summed E-state index contributed by atoms with van der Waals surface area (Å²) >= 11 is 0. The molecule has 2 aromatic heterocycles. The van der Waals surface area contributed by atoms with Crippen molar-refractivity contribution in [3.8, 4) is 11.5 Å². The maximum Gasteiger partial charge on any atom is 0.243 e. The molecule has 1 aliphatic heterocycles. The number of hydrogen-bond acceptors (Lipinski definition) is 6. The number of halogens is 2. The van der Waals surface area contributed by atoms with Crippen LogP contribution in [0.1, 0.15) is 5.56 Å². The number of methoxy groups -OCH3 is 2. The van der Waals surface area contributed by atoms with E-state index in [4.69, 9.17) is 14.2 Å². The van der Waals surface area contributed by atoms with Gasteiger partial charge in [-0.05, 0) is 24.3 Å². The van der Waals surface area contributed by atoms with Gasteiger partial charge in [-0.2, -0.15) is 0 Å². The second kappa shape index (κ2) is 9.45. The first-order valence-corrected chi connectivity index (χ1v) is 10.3. The van der Waals surface area contributed by atoms with Crippen LogP contribution in [-0.4, -0.2) is 55.0 Å². The standard InChI is InChI=1S/C23H24F2N4O4/c1-4-21(30)28-16-12-33-11-15(16)27-20-6-5-17-14(26-20)7-8-29(17)10-13-22(24)18(31-2)9-19(32-3)23(13)25/h4-9,15-16H,1,10-12H2,2-3H3,(H,26,27)(H,28,30). The molecule has 2 atom stereocenters. The van der Waals surface area contributed by atoms with Crippen LogP contribution in [0.2, 0.25) is 0 Å². The van der Waals surface area contributed by atoms with E-state index >= 15 is 0 Å². The van der Waals surface area contributed by atoms with Crippen molar-refractivity contribution in [2.45, 2.75) is 18.6 Å². The van der Waals surface area contributed by atoms with Gasteiger partial charge in [-0.15, -0.1) is 0 Å². The Morgan fingerprint density at radius 1 is 1.21 bits per heavy atom. The predicted octanol–water partition coefficient (Wildman–Crippen LogP) is 2.86. The van der Waals surface area contributed by atoms with E-state index in [0.29, 0.717) is 30.1 Å². The molecule has 1 aromatic carbocycles. The third-order valence-corrected chi connectivity index (χ3v) is 5.54. The third-order valence-electron chi connectivity index (χ3n) is 5.54. The number of benzene rings is 1. The van der Waals surface area contributed by atoms with Crippen LogP contribution < -0.4 is 20.1 Å². The average molecular weight is 458 g/mol. The minimum Gasteiger partial charge on any atom is -0.494 e. The molecule has 4 rings (SSSR count). The van der Waals surface area contributed by atoms with Gasteiger partial charge >= 0.3 is 0 Å². The molecular formula is C23H24F2N4O4. The van der Waals surface area contributed by atoms with Crippen molar-refractivity contribution in [2.75, 3.05) is 32.8 Å². The number of hydrogen-bond donors (Lipinski definition) is 2. The second-order valence-electron chi connectivity index (χ2n) is 7.54. The number of pyridine rings is 1. The van der Waals surface area contributed by atoms with E-state index in [1.165, 1.54) is 26.4 Å². The smallest absolute Gasteiger partial charge is 0.243 e. The number of amides is 1. The largest absolute Gasteiger partial charge is 0.494 e. The fourth-order valence-electron chi connectivity index (χ4n) is 3.81. The first-order chi connectivity index (χ1) is 15.9. The summed E-state index contributed by atoms with van der Waals surface area (Å²) in [7, 11) is 2.62. The summed E-state index contributed by atoms with van der Waals surface area (Å²) in [6, 6.07) is 6.14. The Bertz CT molecular complexity index is 1170. The van der Waals surface area contributed by atoms with Gasteiger partial charge in [0.1, 0.15) is 5.82 Å². The molecule has 0 saturated carbocycles. The quantitative estimate of drug-likeness (QED) is 0.505. The molecule has 3 heterocycles. The zero-order valence-electron chi connectivity index (χ0n) is 18.2. The van der Waals surface area contributed by atoms with Crippen LogP contribution in [-0.2, 0) is 16.1 Å². The fraction of sp³-hybridized carbons (Fsp3) is 0.304. The molecule has 10 heteroatoms. The summed E-state index contributed by atoms with van der Waals surface area (Å²) in [5, 5.41) is 6.10. The molecule has 0 aliphatic carbocycles. The number of nitrogens with zero attached hydrogens (tertiary/aromatic N) is 2. The van der Waals surface area contributed by atoms with Crippen molar-refractivity contribution in [1.29, 1.82) is 0 Å². The van der Waals surface area contributed by atoms with E-state index in [1.807, 2.05) is 6.07 Å². The zero-order chi connectivity index (χ0) is 23.5. The molecule has 2 N–H and O–H groups in total. The Balaban J connectivity index is 1.57. The zero-order valence-corrected chi connectivity index (χ0v) is 18.2. The lowest BCUT2D eigenvalue weighted by Crippen LogP contribution is -2.45. The number of fused-ring (bicyclic) bond motifs is 1. The van der Waals surface area contributed by atoms with Gasteiger partial charge in [-0.25, -0.2) is 13.8 Å². The van der Waals surface area contributed by atoms with Gasteiger partial charge in [0.2, 0.25) is 5.91 Å². The van der Waals surface area contributed by atoms with Crippen molar-refractivity contribution in [3.63, 3.8) is 0 Å². The van der Waals surface area contributed by atoms with Gasteiger partial charge in [0.05, 0.1) is 62.7 Å². The molecule has 1 fully saturated rings.